The van der Waals surface area contributed by atoms with Crippen molar-refractivity contribution in [1.29, 1.82) is 0 Å². The van der Waals surface area contributed by atoms with E-state index in [1.165, 1.54) is 0 Å². The van der Waals surface area contributed by atoms with Crippen LogP contribution < -0.4 is 0 Å². The van der Waals surface area contributed by atoms with Crippen LogP contribution in [-0.4, -0.2) is 49.1 Å². The van der Waals surface area contributed by atoms with Gasteiger partial charge in [-0.25, -0.2) is 9.59 Å². The molecule has 2 atom stereocenters. The molecule has 6 heteroatoms. The van der Waals surface area contributed by atoms with E-state index >= 15 is 0 Å². The van der Waals surface area contributed by atoms with Crippen molar-refractivity contribution >= 4 is 11.9 Å². The molecule has 0 aromatic heterocycles. The fourth-order valence-electron chi connectivity index (χ4n) is 0.862. The van der Waals surface area contributed by atoms with Crippen LogP contribution in [0.3, 0.4) is 0 Å². The molecular weight excluding hydrogens is 264 g/mol. The largest absolute Gasteiger partial charge is 0.480 e. The zero-order valence-electron chi connectivity index (χ0n) is 13.2. The molecule has 120 valence electrons. The van der Waals surface area contributed by atoms with Crippen LogP contribution in [0.4, 0.5) is 0 Å². The zero-order valence-corrected chi connectivity index (χ0v) is 13.2. The van der Waals surface area contributed by atoms with E-state index < -0.39 is 5.97 Å². The van der Waals surface area contributed by atoms with Crippen LogP contribution in [0.5, 0.6) is 0 Å². The van der Waals surface area contributed by atoms with E-state index in [0.717, 1.165) is 12.8 Å². The van der Waals surface area contributed by atoms with Gasteiger partial charge in [-0.3, -0.25) is 0 Å². The minimum Gasteiger partial charge on any atom is -0.480 e. The first-order valence-electron chi connectivity index (χ1n) is 6.97. The number of ether oxygens (including phenoxy) is 3. The number of carboxylic acid groups (broad SMARTS) is 1. The molecule has 2 unspecified atom stereocenters. The number of aliphatic carboxylic acids is 1. The summed E-state index contributed by atoms with van der Waals surface area (Å²) in [6.07, 6.45) is 1.97. The van der Waals surface area contributed by atoms with Crippen LogP contribution in [0.1, 0.15) is 47.5 Å². The highest BCUT2D eigenvalue weighted by Crippen LogP contribution is 1.95. The lowest BCUT2D eigenvalue weighted by Crippen LogP contribution is -2.17. The molecule has 0 aromatic carbocycles. The molecular formula is C14H28O6. The maximum atomic E-state index is 10.7. The van der Waals surface area contributed by atoms with Crippen molar-refractivity contribution in [3.05, 3.63) is 0 Å². The summed E-state index contributed by atoms with van der Waals surface area (Å²) in [5, 5.41) is 8.13. The standard InChI is InChI=1S/C8H16O3.C6H12O3/c1-4-7(3)11-6-8(9)10-5-2;1-3-5(2)9-4-6(7)8/h7H,4-6H2,1-3H3;5H,3-4H2,1-2H3,(H,7,8). The van der Waals surface area contributed by atoms with Gasteiger partial charge < -0.3 is 19.3 Å². The molecule has 1 N–H and O–H groups in total. The van der Waals surface area contributed by atoms with Crippen LogP contribution in [0.2, 0.25) is 0 Å². The molecule has 6 nitrogen and oxygen atoms in total. The first-order chi connectivity index (χ1) is 9.37. The van der Waals surface area contributed by atoms with Gasteiger partial charge in [0.05, 0.1) is 18.8 Å². The molecule has 0 aliphatic rings. The van der Waals surface area contributed by atoms with Crippen LogP contribution in [0, 0.1) is 0 Å². The van der Waals surface area contributed by atoms with E-state index in [2.05, 4.69) is 4.74 Å². The zero-order chi connectivity index (χ0) is 16.0. The number of hydrogen-bond acceptors (Lipinski definition) is 5. The Morgan fingerprint density at radius 2 is 1.40 bits per heavy atom. The van der Waals surface area contributed by atoms with Gasteiger partial charge in [-0.05, 0) is 33.6 Å². The maximum Gasteiger partial charge on any atom is 0.332 e. The summed E-state index contributed by atoms with van der Waals surface area (Å²) in [6, 6.07) is 0. The predicted molar refractivity (Wildman–Crippen MR) is 75.7 cm³/mol. The molecule has 0 heterocycles. The fourth-order valence-corrected chi connectivity index (χ4v) is 0.862. The van der Waals surface area contributed by atoms with Gasteiger partial charge in [0.2, 0.25) is 0 Å². The van der Waals surface area contributed by atoms with Crippen molar-refractivity contribution in [2.24, 2.45) is 0 Å². The molecule has 0 radical (unpaired) electrons. The third-order valence-electron chi connectivity index (χ3n) is 2.43. The second kappa shape index (κ2) is 14.3. The number of carboxylic acids is 1. The fraction of sp³-hybridized carbons (Fsp3) is 0.857. The molecule has 0 amide bonds. The van der Waals surface area contributed by atoms with Crippen LogP contribution >= 0.6 is 0 Å². The lowest BCUT2D eigenvalue weighted by molar-refractivity contribution is -0.150. The average molecular weight is 292 g/mol. The summed E-state index contributed by atoms with van der Waals surface area (Å²) < 4.78 is 14.7. The summed E-state index contributed by atoms with van der Waals surface area (Å²) in [7, 11) is 0. The van der Waals surface area contributed by atoms with Crippen molar-refractivity contribution in [3.8, 4) is 0 Å². The quantitative estimate of drug-likeness (QED) is 0.656. The van der Waals surface area contributed by atoms with Gasteiger partial charge in [0.1, 0.15) is 13.2 Å². The Labute approximate surface area is 121 Å². The Kier molecular flexibility index (Phi) is 15.1. The van der Waals surface area contributed by atoms with E-state index in [4.69, 9.17) is 14.6 Å². The average Bonchev–Trinajstić information content (AvgIpc) is 2.43. The third-order valence-corrected chi connectivity index (χ3v) is 2.43. The van der Waals surface area contributed by atoms with E-state index in [9.17, 15) is 9.59 Å². The monoisotopic (exact) mass is 292 g/mol. The Hall–Kier alpha value is -1.14. The minimum atomic E-state index is -0.907. The normalized spacial score (nSPS) is 12.8. The van der Waals surface area contributed by atoms with Crippen molar-refractivity contribution in [3.63, 3.8) is 0 Å². The molecule has 0 fully saturated rings. The number of esters is 1. The second-order valence-corrected chi connectivity index (χ2v) is 4.26. The number of rotatable bonds is 9. The summed E-state index contributed by atoms with van der Waals surface area (Å²) in [5.74, 6) is -1.19. The smallest absolute Gasteiger partial charge is 0.332 e. The Bertz CT molecular complexity index is 254. The van der Waals surface area contributed by atoms with Crippen LogP contribution in [0.25, 0.3) is 0 Å². The summed E-state index contributed by atoms with van der Waals surface area (Å²) >= 11 is 0. The lowest BCUT2D eigenvalue weighted by atomic mass is 10.3. The SMILES string of the molecule is CCC(C)OCC(=O)O.CCOC(=O)COC(C)CC. The number of carbonyl (C=O) groups excluding carboxylic acids is 1. The van der Waals surface area contributed by atoms with E-state index in [0.29, 0.717) is 6.61 Å². The Morgan fingerprint density at radius 1 is 0.950 bits per heavy atom. The summed E-state index contributed by atoms with van der Waals surface area (Å²) in [5.41, 5.74) is 0. The van der Waals surface area contributed by atoms with Crippen molar-refractivity contribution < 1.29 is 28.9 Å². The molecule has 0 rings (SSSR count). The minimum absolute atomic E-state index is 0.0566. The van der Waals surface area contributed by atoms with Crippen LogP contribution in [0.15, 0.2) is 0 Å². The summed E-state index contributed by atoms with van der Waals surface area (Å²) in [4.78, 5) is 20.6. The van der Waals surface area contributed by atoms with Gasteiger partial charge >= 0.3 is 11.9 Å². The number of carbonyl (C=O) groups is 2. The van der Waals surface area contributed by atoms with Gasteiger partial charge in [0, 0.05) is 0 Å². The number of hydrogen-bond donors (Lipinski definition) is 1. The maximum absolute atomic E-state index is 10.7. The Morgan fingerprint density at radius 3 is 1.75 bits per heavy atom. The van der Waals surface area contributed by atoms with E-state index in [1.54, 1.807) is 6.92 Å². The highest BCUT2D eigenvalue weighted by Gasteiger charge is 2.04. The molecule has 0 aromatic rings. The van der Waals surface area contributed by atoms with Crippen molar-refractivity contribution in [2.45, 2.75) is 59.7 Å². The molecule has 0 saturated carbocycles. The van der Waals surface area contributed by atoms with E-state index in [1.807, 2.05) is 27.7 Å². The van der Waals surface area contributed by atoms with Gasteiger partial charge in [0.15, 0.2) is 0 Å². The van der Waals surface area contributed by atoms with Gasteiger partial charge in [-0.1, -0.05) is 13.8 Å². The third kappa shape index (κ3) is 16.9. The van der Waals surface area contributed by atoms with Gasteiger partial charge in [-0.2, -0.15) is 0 Å². The molecule has 0 aliphatic heterocycles. The molecule has 0 aliphatic carbocycles. The van der Waals surface area contributed by atoms with E-state index in [-0.39, 0.29) is 31.4 Å². The van der Waals surface area contributed by atoms with Crippen LogP contribution in [-0.2, 0) is 23.8 Å². The first kappa shape index (κ1) is 21.2. The summed E-state index contributed by atoms with van der Waals surface area (Å²) in [6.45, 7) is 9.83. The topological polar surface area (TPSA) is 82.1 Å². The van der Waals surface area contributed by atoms with Crippen molar-refractivity contribution in [2.75, 3.05) is 19.8 Å². The Balaban J connectivity index is 0. The van der Waals surface area contributed by atoms with Crippen molar-refractivity contribution in [1.82, 2.24) is 0 Å². The highest BCUT2D eigenvalue weighted by molar-refractivity contribution is 5.70. The van der Waals surface area contributed by atoms with Gasteiger partial charge in [0.25, 0.3) is 0 Å². The first-order valence-corrected chi connectivity index (χ1v) is 6.97. The molecule has 0 bridgehead atoms. The predicted octanol–water partition coefficient (Wildman–Crippen LogP) is 2.25. The molecule has 20 heavy (non-hydrogen) atoms. The highest BCUT2D eigenvalue weighted by atomic mass is 16.6. The molecule has 0 spiro atoms. The molecule has 0 saturated heterocycles. The van der Waals surface area contributed by atoms with Gasteiger partial charge in [-0.15, -0.1) is 0 Å². The second-order valence-electron chi connectivity index (χ2n) is 4.26. The lowest BCUT2D eigenvalue weighted by Gasteiger charge is -2.08.